The number of benzene rings is 1. The van der Waals surface area contributed by atoms with Crippen molar-refractivity contribution in [3.8, 4) is 11.5 Å². The molecule has 0 aliphatic carbocycles. The molecule has 0 radical (unpaired) electrons. The van der Waals surface area contributed by atoms with Crippen LogP contribution in [0.1, 0.15) is 16.5 Å². The van der Waals surface area contributed by atoms with Crippen LogP contribution < -0.4 is 9.47 Å². The van der Waals surface area contributed by atoms with Crippen molar-refractivity contribution in [2.45, 2.75) is 11.8 Å². The van der Waals surface area contributed by atoms with E-state index in [4.69, 9.17) is 9.47 Å². The van der Waals surface area contributed by atoms with E-state index in [1.807, 2.05) is 17.0 Å². The van der Waals surface area contributed by atoms with E-state index in [0.717, 1.165) is 24.5 Å². The minimum Gasteiger partial charge on any atom is -0.493 e. The molecule has 0 unspecified atom stereocenters. The third-order valence-electron chi connectivity index (χ3n) is 3.50. The van der Waals surface area contributed by atoms with E-state index in [9.17, 15) is 4.79 Å². The van der Waals surface area contributed by atoms with Gasteiger partial charge in [0.1, 0.15) is 5.37 Å². The second kappa shape index (κ2) is 4.39. The maximum Gasteiger partial charge on any atom is 0.233 e. The molecule has 96 valence electrons. The van der Waals surface area contributed by atoms with Gasteiger partial charge in [0.2, 0.25) is 5.91 Å². The summed E-state index contributed by atoms with van der Waals surface area (Å²) in [4.78, 5) is 13.7. The monoisotopic (exact) mass is 265 g/mol. The summed E-state index contributed by atoms with van der Waals surface area (Å²) in [6.45, 7) is 0.805. The van der Waals surface area contributed by atoms with Crippen LogP contribution in [0, 0.1) is 0 Å². The number of rotatable bonds is 2. The Kier molecular flexibility index (Phi) is 2.86. The summed E-state index contributed by atoms with van der Waals surface area (Å²) in [6, 6.07) is 4.05. The average Bonchev–Trinajstić information content (AvgIpc) is 2.79. The first-order valence-electron chi connectivity index (χ1n) is 5.90. The molecule has 2 aliphatic heterocycles. The standard InChI is InChI=1S/C13H15NO3S/c1-16-10-5-8-3-4-14-12(15)7-18-13(14)9(8)6-11(10)17-2/h5-6,13H,3-4,7H2,1-2H3/t13-/m1/s1. The molecule has 0 bridgehead atoms. The maximum absolute atomic E-state index is 11.7. The molecule has 4 nitrogen and oxygen atoms in total. The first-order chi connectivity index (χ1) is 8.74. The Labute approximate surface area is 110 Å². The first-order valence-corrected chi connectivity index (χ1v) is 6.95. The molecule has 5 heteroatoms. The summed E-state index contributed by atoms with van der Waals surface area (Å²) < 4.78 is 10.7. The summed E-state index contributed by atoms with van der Waals surface area (Å²) in [5.74, 6) is 2.32. The summed E-state index contributed by atoms with van der Waals surface area (Å²) in [6.07, 6.45) is 0.887. The molecule has 1 aromatic carbocycles. The fourth-order valence-corrected chi connectivity index (χ4v) is 3.85. The summed E-state index contributed by atoms with van der Waals surface area (Å²) in [7, 11) is 3.28. The lowest BCUT2D eigenvalue weighted by Crippen LogP contribution is -2.34. The highest BCUT2D eigenvalue weighted by atomic mass is 32.2. The number of hydrogen-bond donors (Lipinski definition) is 0. The Morgan fingerprint density at radius 3 is 2.72 bits per heavy atom. The fourth-order valence-electron chi connectivity index (χ4n) is 2.58. The van der Waals surface area contributed by atoms with Crippen LogP contribution in [0.4, 0.5) is 0 Å². The number of thioether (sulfide) groups is 1. The highest BCUT2D eigenvalue weighted by Gasteiger charge is 2.37. The van der Waals surface area contributed by atoms with E-state index in [-0.39, 0.29) is 11.3 Å². The zero-order valence-corrected chi connectivity index (χ0v) is 11.3. The van der Waals surface area contributed by atoms with Crippen molar-refractivity contribution >= 4 is 17.7 Å². The molecule has 2 aliphatic rings. The number of nitrogens with zero attached hydrogens (tertiary/aromatic N) is 1. The molecule has 18 heavy (non-hydrogen) atoms. The molecular formula is C13H15NO3S. The number of fused-ring (bicyclic) bond motifs is 3. The van der Waals surface area contributed by atoms with Crippen LogP contribution in [0.5, 0.6) is 11.5 Å². The molecule has 0 saturated carbocycles. The molecule has 1 aromatic rings. The molecule has 1 fully saturated rings. The topological polar surface area (TPSA) is 38.8 Å². The van der Waals surface area contributed by atoms with E-state index in [1.54, 1.807) is 26.0 Å². The SMILES string of the molecule is COc1cc2c(cc1OC)[C@H]1SCC(=O)N1CC2. The molecule has 0 aromatic heterocycles. The number of methoxy groups -OCH3 is 2. The van der Waals surface area contributed by atoms with Crippen LogP contribution in [0.3, 0.4) is 0 Å². The van der Waals surface area contributed by atoms with Crippen molar-refractivity contribution in [1.82, 2.24) is 4.90 Å². The van der Waals surface area contributed by atoms with Gasteiger partial charge in [-0.25, -0.2) is 0 Å². The van der Waals surface area contributed by atoms with Gasteiger partial charge < -0.3 is 14.4 Å². The maximum atomic E-state index is 11.7. The van der Waals surface area contributed by atoms with E-state index in [0.29, 0.717) is 5.75 Å². The lowest BCUT2D eigenvalue weighted by Gasteiger charge is -2.31. The van der Waals surface area contributed by atoms with E-state index in [1.165, 1.54) is 11.1 Å². The highest BCUT2D eigenvalue weighted by Crippen LogP contribution is 2.46. The number of amides is 1. The van der Waals surface area contributed by atoms with Gasteiger partial charge >= 0.3 is 0 Å². The summed E-state index contributed by atoms with van der Waals surface area (Å²) in [5, 5.41) is 0.154. The van der Waals surface area contributed by atoms with Crippen LogP contribution in [0.2, 0.25) is 0 Å². The largest absolute Gasteiger partial charge is 0.493 e. The number of hydrogen-bond acceptors (Lipinski definition) is 4. The van der Waals surface area contributed by atoms with Crippen LogP contribution in [-0.4, -0.2) is 37.3 Å². The molecule has 0 spiro atoms. The molecule has 1 amide bonds. The summed E-state index contributed by atoms with van der Waals surface area (Å²) in [5.41, 5.74) is 2.45. The fraction of sp³-hybridized carbons (Fsp3) is 0.462. The van der Waals surface area contributed by atoms with Crippen molar-refractivity contribution in [3.63, 3.8) is 0 Å². The number of carbonyl (C=O) groups is 1. The quantitative estimate of drug-likeness (QED) is 0.818. The second-order valence-corrected chi connectivity index (χ2v) is 5.48. The molecule has 1 atom stereocenters. The first kappa shape index (κ1) is 11.7. The van der Waals surface area contributed by atoms with E-state index >= 15 is 0 Å². The number of carbonyl (C=O) groups excluding carboxylic acids is 1. The Morgan fingerprint density at radius 2 is 2.00 bits per heavy atom. The van der Waals surface area contributed by atoms with Crippen molar-refractivity contribution in [2.75, 3.05) is 26.5 Å². The van der Waals surface area contributed by atoms with Crippen molar-refractivity contribution in [1.29, 1.82) is 0 Å². The third kappa shape index (κ3) is 1.65. The van der Waals surface area contributed by atoms with Gasteiger partial charge in [0, 0.05) is 6.54 Å². The molecular weight excluding hydrogens is 250 g/mol. The van der Waals surface area contributed by atoms with Gasteiger partial charge in [-0.3, -0.25) is 4.79 Å². The Bertz CT molecular complexity index is 503. The lowest BCUT2D eigenvalue weighted by atomic mass is 9.98. The minimum absolute atomic E-state index is 0.154. The molecule has 2 heterocycles. The summed E-state index contributed by atoms with van der Waals surface area (Å²) >= 11 is 1.69. The van der Waals surface area contributed by atoms with Crippen molar-refractivity contribution in [2.24, 2.45) is 0 Å². The van der Waals surface area contributed by atoms with Gasteiger partial charge in [0.25, 0.3) is 0 Å². The van der Waals surface area contributed by atoms with Gasteiger partial charge in [0.05, 0.1) is 20.0 Å². The third-order valence-corrected chi connectivity index (χ3v) is 4.74. The smallest absolute Gasteiger partial charge is 0.233 e. The second-order valence-electron chi connectivity index (χ2n) is 4.41. The zero-order chi connectivity index (χ0) is 12.7. The zero-order valence-electron chi connectivity index (χ0n) is 10.4. The van der Waals surface area contributed by atoms with E-state index < -0.39 is 0 Å². The molecule has 0 N–H and O–H groups in total. The van der Waals surface area contributed by atoms with Gasteiger partial charge in [-0.1, -0.05) is 0 Å². The Morgan fingerprint density at radius 1 is 1.28 bits per heavy atom. The van der Waals surface area contributed by atoms with Crippen LogP contribution in [0.25, 0.3) is 0 Å². The van der Waals surface area contributed by atoms with Gasteiger partial charge in [-0.15, -0.1) is 11.8 Å². The predicted octanol–water partition coefficient (Wildman–Crippen LogP) is 1.83. The predicted molar refractivity (Wildman–Crippen MR) is 70.2 cm³/mol. The molecule has 3 rings (SSSR count). The van der Waals surface area contributed by atoms with E-state index in [2.05, 4.69) is 0 Å². The normalized spacial score (nSPS) is 21.6. The van der Waals surface area contributed by atoms with Gasteiger partial charge in [-0.05, 0) is 29.7 Å². The lowest BCUT2D eigenvalue weighted by molar-refractivity contribution is -0.128. The Hall–Kier alpha value is -1.36. The van der Waals surface area contributed by atoms with Crippen LogP contribution in [-0.2, 0) is 11.2 Å². The Balaban J connectivity index is 2.06. The van der Waals surface area contributed by atoms with Gasteiger partial charge in [-0.2, -0.15) is 0 Å². The van der Waals surface area contributed by atoms with Gasteiger partial charge in [0.15, 0.2) is 11.5 Å². The average molecular weight is 265 g/mol. The molecule has 1 saturated heterocycles. The number of ether oxygens (including phenoxy) is 2. The highest BCUT2D eigenvalue weighted by molar-refractivity contribution is 8.00. The van der Waals surface area contributed by atoms with Crippen LogP contribution >= 0.6 is 11.8 Å². The van der Waals surface area contributed by atoms with Crippen molar-refractivity contribution < 1.29 is 14.3 Å². The minimum atomic E-state index is 0.154. The van der Waals surface area contributed by atoms with Crippen molar-refractivity contribution in [3.05, 3.63) is 23.3 Å². The van der Waals surface area contributed by atoms with Crippen LogP contribution in [0.15, 0.2) is 12.1 Å².